The van der Waals surface area contributed by atoms with E-state index in [1.54, 1.807) is 0 Å². The van der Waals surface area contributed by atoms with Crippen molar-refractivity contribution in [3.05, 3.63) is 0 Å². The normalized spacial score (nSPS) is 17.3. The SMILES string of the molecule is C[SiH](C)OC(=O)CCCCC1CCCC1. The van der Waals surface area contributed by atoms with E-state index in [1.165, 1.54) is 38.5 Å². The van der Waals surface area contributed by atoms with Crippen molar-refractivity contribution >= 4 is 15.0 Å². The van der Waals surface area contributed by atoms with Gasteiger partial charge in [0.15, 0.2) is 0 Å². The molecule has 0 spiro atoms. The second kappa shape index (κ2) is 7.04. The van der Waals surface area contributed by atoms with Gasteiger partial charge in [-0.3, -0.25) is 4.79 Å². The molecule has 0 N–H and O–H groups in total. The first-order valence-electron chi connectivity index (χ1n) is 6.38. The molecule has 0 bridgehead atoms. The van der Waals surface area contributed by atoms with Gasteiger partial charge >= 0.3 is 0 Å². The van der Waals surface area contributed by atoms with Gasteiger partial charge in [-0.05, 0) is 25.4 Å². The van der Waals surface area contributed by atoms with Crippen LogP contribution in [-0.2, 0) is 9.22 Å². The summed E-state index contributed by atoms with van der Waals surface area (Å²) in [6.45, 7) is 4.08. The molecule has 0 unspecified atom stereocenters. The highest BCUT2D eigenvalue weighted by molar-refractivity contribution is 6.50. The molecule has 88 valence electrons. The second-order valence-electron chi connectivity index (χ2n) is 4.93. The first kappa shape index (κ1) is 12.8. The van der Waals surface area contributed by atoms with Crippen molar-refractivity contribution in [3.63, 3.8) is 0 Å². The molecule has 3 heteroatoms. The van der Waals surface area contributed by atoms with Gasteiger partial charge in [0, 0.05) is 6.42 Å². The van der Waals surface area contributed by atoms with Crippen LogP contribution in [0.4, 0.5) is 0 Å². The number of hydrogen-bond donors (Lipinski definition) is 0. The van der Waals surface area contributed by atoms with Crippen LogP contribution in [0, 0.1) is 5.92 Å². The van der Waals surface area contributed by atoms with Crippen molar-refractivity contribution in [2.45, 2.75) is 64.5 Å². The maximum absolute atomic E-state index is 11.3. The van der Waals surface area contributed by atoms with E-state index in [-0.39, 0.29) is 5.97 Å². The number of unbranched alkanes of at least 4 members (excludes halogenated alkanes) is 1. The van der Waals surface area contributed by atoms with E-state index >= 15 is 0 Å². The van der Waals surface area contributed by atoms with Gasteiger partial charge in [0.05, 0.1) is 0 Å². The lowest BCUT2D eigenvalue weighted by Gasteiger charge is -2.09. The van der Waals surface area contributed by atoms with Crippen LogP contribution >= 0.6 is 0 Å². The fourth-order valence-electron chi connectivity index (χ4n) is 2.32. The lowest BCUT2D eigenvalue weighted by molar-refractivity contribution is -0.134. The van der Waals surface area contributed by atoms with Crippen molar-refractivity contribution in [3.8, 4) is 0 Å². The van der Waals surface area contributed by atoms with Crippen molar-refractivity contribution in [1.82, 2.24) is 0 Å². The highest BCUT2D eigenvalue weighted by atomic mass is 28.3. The van der Waals surface area contributed by atoms with Crippen LogP contribution in [0.5, 0.6) is 0 Å². The molecule has 0 heterocycles. The van der Waals surface area contributed by atoms with Crippen molar-refractivity contribution < 1.29 is 9.22 Å². The standard InChI is InChI=1S/C12H24O2Si/c1-15(2)14-12(13)10-6-5-9-11-7-3-4-8-11/h11,15H,3-10H2,1-2H3. The molecule has 0 saturated heterocycles. The molecule has 1 rings (SSSR count). The predicted octanol–water partition coefficient (Wildman–Crippen LogP) is 3.26. The Kier molecular flexibility index (Phi) is 5.99. The molecule has 2 nitrogen and oxygen atoms in total. The molecule has 1 fully saturated rings. The Morgan fingerprint density at radius 3 is 2.53 bits per heavy atom. The quantitative estimate of drug-likeness (QED) is 0.515. The summed E-state index contributed by atoms with van der Waals surface area (Å²) in [6.07, 6.45) is 9.88. The zero-order valence-electron chi connectivity index (χ0n) is 10.1. The summed E-state index contributed by atoms with van der Waals surface area (Å²) >= 11 is 0. The third-order valence-electron chi connectivity index (χ3n) is 3.09. The topological polar surface area (TPSA) is 26.3 Å². The minimum atomic E-state index is -1.15. The molecule has 0 aliphatic heterocycles. The zero-order chi connectivity index (χ0) is 11.1. The van der Waals surface area contributed by atoms with Crippen LogP contribution in [-0.4, -0.2) is 15.0 Å². The summed E-state index contributed by atoms with van der Waals surface area (Å²) in [5.41, 5.74) is 0. The van der Waals surface area contributed by atoms with Gasteiger partial charge in [-0.15, -0.1) is 0 Å². The zero-order valence-corrected chi connectivity index (χ0v) is 11.3. The Bertz CT molecular complexity index is 186. The molecule has 0 radical (unpaired) electrons. The largest absolute Gasteiger partial charge is 0.523 e. The molecule has 0 amide bonds. The predicted molar refractivity (Wildman–Crippen MR) is 65.4 cm³/mol. The number of hydrogen-bond acceptors (Lipinski definition) is 2. The molecule has 1 aliphatic carbocycles. The van der Waals surface area contributed by atoms with E-state index in [0.29, 0.717) is 6.42 Å². The van der Waals surface area contributed by atoms with Gasteiger partial charge < -0.3 is 4.43 Å². The van der Waals surface area contributed by atoms with E-state index in [1.807, 2.05) is 13.1 Å². The molecule has 0 aromatic carbocycles. The van der Waals surface area contributed by atoms with Gasteiger partial charge in [-0.2, -0.15) is 0 Å². The van der Waals surface area contributed by atoms with Crippen LogP contribution in [0.1, 0.15) is 51.4 Å². The molecular formula is C12H24O2Si. The van der Waals surface area contributed by atoms with Crippen LogP contribution in [0.2, 0.25) is 13.1 Å². The van der Waals surface area contributed by atoms with Gasteiger partial charge in [-0.25, -0.2) is 0 Å². The van der Waals surface area contributed by atoms with Crippen molar-refractivity contribution in [2.75, 3.05) is 0 Å². The average molecular weight is 228 g/mol. The Morgan fingerprint density at radius 2 is 1.93 bits per heavy atom. The fraction of sp³-hybridized carbons (Fsp3) is 0.917. The van der Waals surface area contributed by atoms with Crippen molar-refractivity contribution in [2.24, 2.45) is 5.92 Å². The highest BCUT2D eigenvalue weighted by Gasteiger charge is 2.14. The monoisotopic (exact) mass is 228 g/mol. The van der Waals surface area contributed by atoms with E-state index in [2.05, 4.69) is 0 Å². The third kappa shape index (κ3) is 5.98. The van der Waals surface area contributed by atoms with Gasteiger partial charge in [-0.1, -0.05) is 38.5 Å². The maximum Gasteiger partial charge on any atom is 0.292 e. The molecule has 0 aromatic rings. The van der Waals surface area contributed by atoms with Gasteiger partial charge in [0.1, 0.15) is 0 Å². The summed E-state index contributed by atoms with van der Waals surface area (Å²) in [6, 6.07) is 0. The Balaban J connectivity index is 1.94. The fourth-order valence-corrected chi connectivity index (χ4v) is 2.97. The molecule has 0 atom stereocenters. The molecule has 1 aliphatic rings. The number of rotatable bonds is 6. The van der Waals surface area contributed by atoms with Gasteiger partial charge in [0.25, 0.3) is 5.97 Å². The lowest BCUT2D eigenvalue weighted by Crippen LogP contribution is -2.14. The molecule has 1 saturated carbocycles. The summed E-state index contributed by atoms with van der Waals surface area (Å²) in [7, 11) is -1.15. The first-order chi connectivity index (χ1) is 7.18. The minimum Gasteiger partial charge on any atom is -0.523 e. The summed E-state index contributed by atoms with van der Waals surface area (Å²) < 4.78 is 5.22. The van der Waals surface area contributed by atoms with E-state index in [0.717, 1.165) is 12.3 Å². The van der Waals surface area contributed by atoms with Crippen LogP contribution in [0.25, 0.3) is 0 Å². The Morgan fingerprint density at radius 1 is 1.27 bits per heavy atom. The van der Waals surface area contributed by atoms with Gasteiger partial charge in [0.2, 0.25) is 9.04 Å². The second-order valence-corrected chi connectivity index (χ2v) is 7.27. The van der Waals surface area contributed by atoms with E-state index < -0.39 is 9.04 Å². The Labute approximate surface area is 95.1 Å². The third-order valence-corrected chi connectivity index (χ3v) is 3.82. The van der Waals surface area contributed by atoms with E-state index in [9.17, 15) is 4.79 Å². The van der Waals surface area contributed by atoms with Crippen LogP contribution in [0.3, 0.4) is 0 Å². The lowest BCUT2D eigenvalue weighted by atomic mass is 10.00. The number of carbonyl (C=O) groups is 1. The summed E-state index contributed by atoms with van der Waals surface area (Å²) in [5.74, 6) is 0.989. The van der Waals surface area contributed by atoms with E-state index in [4.69, 9.17) is 4.43 Å². The first-order valence-corrected chi connectivity index (χ1v) is 9.16. The average Bonchev–Trinajstić information content (AvgIpc) is 2.63. The van der Waals surface area contributed by atoms with Crippen LogP contribution < -0.4 is 0 Å². The smallest absolute Gasteiger partial charge is 0.292 e. The summed E-state index contributed by atoms with van der Waals surface area (Å²) in [5, 5.41) is 0. The molecule has 15 heavy (non-hydrogen) atoms. The van der Waals surface area contributed by atoms with Crippen molar-refractivity contribution in [1.29, 1.82) is 0 Å². The summed E-state index contributed by atoms with van der Waals surface area (Å²) in [4.78, 5) is 11.3. The molecular weight excluding hydrogens is 204 g/mol. The highest BCUT2D eigenvalue weighted by Crippen LogP contribution is 2.29. The minimum absolute atomic E-state index is 0.0306. The maximum atomic E-state index is 11.3. The molecule has 0 aromatic heterocycles. The van der Waals surface area contributed by atoms with Crippen LogP contribution in [0.15, 0.2) is 0 Å². The number of carbonyl (C=O) groups excluding carboxylic acids is 1. The Hall–Kier alpha value is -0.313.